The van der Waals surface area contributed by atoms with Crippen molar-refractivity contribution in [1.29, 1.82) is 0 Å². The van der Waals surface area contributed by atoms with Crippen LogP contribution in [0.25, 0.3) is 0 Å². The van der Waals surface area contributed by atoms with E-state index in [1.165, 1.54) is 0 Å². The van der Waals surface area contributed by atoms with E-state index < -0.39 is 0 Å². The average Bonchev–Trinajstić information content (AvgIpc) is 2.57. The Balaban J connectivity index is 1.86. The fourth-order valence-corrected chi connectivity index (χ4v) is 2.74. The number of amides is 1. The van der Waals surface area contributed by atoms with Crippen LogP contribution in [-0.4, -0.2) is 31.5 Å². The molecule has 2 aromatic carbocycles. The summed E-state index contributed by atoms with van der Waals surface area (Å²) in [4.78, 5) is 14.0. The van der Waals surface area contributed by atoms with E-state index >= 15 is 0 Å². The molecule has 0 saturated heterocycles. The van der Waals surface area contributed by atoms with Crippen LogP contribution in [0.4, 0.5) is 0 Å². The normalized spacial score (nSPS) is 10.7. The highest BCUT2D eigenvalue weighted by molar-refractivity contribution is 6.42. The topological polar surface area (TPSA) is 41.6 Å². The number of benzene rings is 2. The van der Waals surface area contributed by atoms with E-state index in [1.54, 1.807) is 13.2 Å². The van der Waals surface area contributed by atoms with Crippen LogP contribution >= 0.6 is 23.2 Å². The van der Waals surface area contributed by atoms with Crippen molar-refractivity contribution in [2.75, 3.05) is 20.7 Å². The molecule has 0 aliphatic rings. The second-order valence-electron chi connectivity index (χ2n) is 5.47. The minimum Gasteiger partial charge on any atom is -0.496 e. The number of nitrogens with one attached hydrogen (secondary N) is 1. The van der Waals surface area contributed by atoms with Crippen LogP contribution in [0.3, 0.4) is 0 Å². The van der Waals surface area contributed by atoms with E-state index in [0.29, 0.717) is 23.1 Å². The molecule has 0 spiro atoms. The number of likely N-dealkylation sites (N-methyl/N-ethyl adjacent to an activating group) is 1. The number of hydrogen-bond donors (Lipinski definition) is 1. The van der Waals surface area contributed by atoms with Crippen molar-refractivity contribution in [2.45, 2.75) is 13.1 Å². The molecule has 1 N–H and O–H groups in total. The minimum absolute atomic E-state index is 0.0680. The van der Waals surface area contributed by atoms with Crippen LogP contribution < -0.4 is 10.1 Å². The standard InChI is InChI=1S/C18H20Cl2N2O2/c1-22(11-14-7-5-8-15(19)18(14)20)12-17(23)21-10-13-6-3-4-9-16(13)24-2/h3-9H,10-12H2,1-2H3,(H,21,23). The number of halogens is 2. The lowest BCUT2D eigenvalue weighted by molar-refractivity contribution is -0.122. The van der Waals surface area contributed by atoms with Crippen LogP contribution in [0.2, 0.25) is 10.0 Å². The van der Waals surface area contributed by atoms with E-state index in [-0.39, 0.29) is 12.5 Å². The zero-order valence-corrected chi connectivity index (χ0v) is 15.2. The maximum Gasteiger partial charge on any atom is 0.234 e. The molecule has 0 atom stereocenters. The predicted molar refractivity (Wildman–Crippen MR) is 97.6 cm³/mol. The Morgan fingerprint density at radius 1 is 1.12 bits per heavy atom. The Hall–Kier alpha value is -1.75. The molecule has 0 radical (unpaired) electrons. The van der Waals surface area contributed by atoms with Gasteiger partial charge in [-0.15, -0.1) is 0 Å². The number of ether oxygens (including phenoxy) is 1. The summed E-state index contributed by atoms with van der Waals surface area (Å²) in [5, 5.41) is 3.94. The quantitative estimate of drug-likeness (QED) is 0.811. The van der Waals surface area contributed by atoms with Gasteiger partial charge in [-0.25, -0.2) is 0 Å². The lowest BCUT2D eigenvalue weighted by atomic mass is 10.2. The maximum atomic E-state index is 12.1. The Kier molecular flexibility index (Phi) is 6.91. The summed E-state index contributed by atoms with van der Waals surface area (Å²) < 4.78 is 5.27. The molecule has 0 unspecified atom stereocenters. The predicted octanol–water partition coefficient (Wildman–Crippen LogP) is 3.75. The highest BCUT2D eigenvalue weighted by Gasteiger charge is 2.11. The molecule has 0 saturated carbocycles. The third-order valence-electron chi connectivity index (χ3n) is 3.55. The van der Waals surface area contributed by atoms with Gasteiger partial charge >= 0.3 is 0 Å². The number of carbonyl (C=O) groups excluding carboxylic acids is 1. The first-order chi connectivity index (χ1) is 11.5. The van der Waals surface area contributed by atoms with Crippen LogP contribution in [0, 0.1) is 0 Å². The van der Waals surface area contributed by atoms with Crippen molar-refractivity contribution in [3.63, 3.8) is 0 Å². The summed E-state index contributed by atoms with van der Waals surface area (Å²) in [5.41, 5.74) is 1.83. The Bertz CT molecular complexity index is 707. The summed E-state index contributed by atoms with van der Waals surface area (Å²) in [6.07, 6.45) is 0. The first-order valence-electron chi connectivity index (χ1n) is 7.51. The van der Waals surface area contributed by atoms with Crippen molar-refractivity contribution in [1.82, 2.24) is 10.2 Å². The molecule has 0 aromatic heterocycles. The van der Waals surface area contributed by atoms with Crippen LogP contribution in [-0.2, 0) is 17.9 Å². The SMILES string of the molecule is COc1ccccc1CNC(=O)CN(C)Cc1cccc(Cl)c1Cl. The molecule has 4 nitrogen and oxygen atoms in total. The molecular formula is C18H20Cl2N2O2. The highest BCUT2D eigenvalue weighted by Crippen LogP contribution is 2.26. The number of rotatable bonds is 7. The van der Waals surface area contributed by atoms with E-state index in [4.69, 9.17) is 27.9 Å². The van der Waals surface area contributed by atoms with Gasteiger partial charge in [0, 0.05) is 18.7 Å². The van der Waals surface area contributed by atoms with Crippen molar-refractivity contribution in [2.24, 2.45) is 0 Å². The molecule has 0 aliphatic carbocycles. The summed E-state index contributed by atoms with van der Waals surface area (Å²) >= 11 is 12.2. The molecule has 6 heteroatoms. The van der Waals surface area contributed by atoms with Gasteiger partial charge in [-0.2, -0.15) is 0 Å². The molecule has 0 bridgehead atoms. The second-order valence-corrected chi connectivity index (χ2v) is 6.26. The highest BCUT2D eigenvalue weighted by atomic mass is 35.5. The lowest BCUT2D eigenvalue weighted by Gasteiger charge is -2.18. The number of hydrogen-bond acceptors (Lipinski definition) is 3. The van der Waals surface area contributed by atoms with Crippen molar-refractivity contribution in [3.05, 3.63) is 63.6 Å². The minimum atomic E-state index is -0.0680. The number of nitrogens with zero attached hydrogens (tertiary/aromatic N) is 1. The summed E-state index contributed by atoms with van der Waals surface area (Å²) in [5.74, 6) is 0.693. The van der Waals surface area contributed by atoms with Gasteiger partial charge in [0.25, 0.3) is 0 Å². The lowest BCUT2D eigenvalue weighted by Crippen LogP contribution is -2.34. The average molecular weight is 367 g/mol. The zero-order valence-electron chi connectivity index (χ0n) is 13.7. The van der Waals surface area contributed by atoms with Gasteiger partial charge in [0.05, 0.1) is 23.7 Å². The first kappa shape index (κ1) is 18.6. The van der Waals surface area contributed by atoms with E-state index in [2.05, 4.69) is 5.32 Å². The monoisotopic (exact) mass is 366 g/mol. The van der Waals surface area contributed by atoms with Gasteiger partial charge < -0.3 is 10.1 Å². The number of methoxy groups -OCH3 is 1. The molecule has 128 valence electrons. The first-order valence-corrected chi connectivity index (χ1v) is 8.27. The molecule has 1 amide bonds. The molecule has 0 aliphatic heterocycles. The smallest absolute Gasteiger partial charge is 0.234 e. The van der Waals surface area contributed by atoms with Gasteiger partial charge in [0.1, 0.15) is 5.75 Å². The van der Waals surface area contributed by atoms with Crippen LogP contribution in [0.5, 0.6) is 5.75 Å². The van der Waals surface area contributed by atoms with Gasteiger partial charge in [0.2, 0.25) is 5.91 Å². The fraction of sp³-hybridized carbons (Fsp3) is 0.278. The van der Waals surface area contributed by atoms with E-state index in [9.17, 15) is 4.79 Å². The largest absolute Gasteiger partial charge is 0.496 e. The molecule has 2 rings (SSSR count). The van der Waals surface area contributed by atoms with Gasteiger partial charge in [0.15, 0.2) is 0 Å². The molecule has 2 aromatic rings. The number of para-hydroxylation sites is 1. The van der Waals surface area contributed by atoms with Gasteiger partial charge in [-0.1, -0.05) is 53.5 Å². The van der Waals surface area contributed by atoms with Crippen molar-refractivity contribution >= 4 is 29.1 Å². The Morgan fingerprint density at radius 3 is 2.58 bits per heavy atom. The maximum absolute atomic E-state index is 12.1. The fourth-order valence-electron chi connectivity index (χ4n) is 2.36. The van der Waals surface area contributed by atoms with E-state index in [0.717, 1.165) is 16.9 Å². The summed E-state index contributed by atoms with van der Waals surface area (Å²) in [7, 11) is 3.48. The Morgan fingerprint density at radius 2 is 1.83 bits per heavy atom. The van der Waals surface area contributed by atoms with Gasteiger partial charge in [-0.05, 0) is 24.7 Å². The Labute approximate surface area is 152 Å². The van der Waals surface area contributed by atoms with Crippen LogP contribution in [0.15, 0.2) is 42.5 Å². The number of carbonyl (C=O) groups is 1. The summed E-state index contributed by atoms with van der Waals surface area (Å²) in [6, 6.07) is 13.1. The van der Waals surface area contributed by atoms with Crippen molar-refractivity contribution < 1.29 is 9.53 Å². The van der Waals surface area contributed by atoms with Crippen molar-refractivity contribution in [3.8, 4) is 5.75 Å². The molecule has 0 fully saturated rings. The molecule has 24 heavy (non-hydrogen) atoms. The molecule has 0 heterocycles. The third-order valence-corrected chi connectivity index (χ3v) is 4.41. The third kappa shape index (κ3) is 5.13. The second kappa shape index (κ2) is 8.92. The van der Waals surface area contributed by atoms with E-state index in [1.807, 2.05) is 48.3 Å². The summed E-state index contributed by atoms with van der Waals surface area (Å²) in [6.45, 7) is 1.23. The van der Waals surface area contributed by atoms with Gasteiger partial charge in [-0.3, -0.25) is 9.69 Å². The zero-order chi connectivity index (χ0) is 17.5. The van der Waals surface area contributed by atoms with Crippen LogP contribution in [0.1, 0.15) is 11.1 Å². The molecular weight excluding hydrogens is 347 g/mol.